The number of piperidine rings is 1. The number of aromatic nitrogens is 3. The van der Waals surface area contributed by atoms with Gasteiger partial charge >= 0.3 is 11.8 Å². The van der Waals surface area contributed by atoms with Gasteiger partial charge in [0.2, 0.25) is 0 Å². The van der Waals surface area contributed by atoms with Gasteiger partial charge in [-0.05, 0) is 25.8 Å². The molecule has 1 fully saturated rings. The van der Waals surface area contributed by atoms with Crippen LogP contribution in [0.15, 0.2) is 24.7 Å². The topological polar surface area (TPSA) is 80.1 Å². The van der Waals surface area contributed by atoms with Crippen molar-refractivity contribution in [1.82, 2.24) is 19.7 Å². The molecule has 0 saturated carbocycles. The number of carbonyl (C=O) groups excluding carboxylic acids is 2. The van der Waals surface area contributed by atoms with Gasteiger partial charge in [0.1, 0.15) is 0 Å². The zero-order valence-electron chi connectivity index (χ0n) is 12.2. The van der Waals surface area contributed by atoms with Crippen molar-refractivity contribution >= 4 is 28.3 Å². The van der Waals surface area contributed by atoms with E-state index < -0.39 is 11.8 Å². The summed E-state index contributed by atoms with van der Waals surface area (Å²) in [5, 5.41) is 7.24. The molecule has 3 rings (SSSR count). The van der Waals surface area contributed by atoms with Gasteiger partial charge in [-0.1, -0.05) is 0 Å². The number of aryl methyl sites for hydroxylation is 1. The number of hydrogen-bond acceptors (Lipinski definition) is 5. The van der Waals surface area contributed by atoms with Crippen LogP contribution >= 0.6 is 11.3 Å². The van der Waals surface area contributed by atoms with Crippen LogP contribution in [0.25, 0.3) is 0 Å². The van der Waals surface area contributed by atoms with Crippen molar-refractivity contribution in [2.75, 3.05) is 18.4 Å². The van der Waals surface area contributed by atoms with Crippen LogP contribution in [0.2, 0.25) is 0 Å². The van der Waals surface area contributed by atoms with E-state index in [0.29, 0.717) is 18.2 Å². The second-order valence-electron chi connectivity index (χ2n) is 5.26. The molecule has 0 bridgehead atoms. The van der Waals surface area contributed by atoms with Gasteiger partial charge in [0.15, 0.2) is 5.13 Å². The number of anilines is 1. The van der Waals surface area contributed by atoms with Crippen molar-refractivity contribution in [3.05, 3.63) is 29.5 Å². The lowest BCUT2D eigenvalue weighted by molar-refractivity contribution is -0.144. The average molecular weight is 319 g/mol. The molecule has 0 unspecified atom stereocenters. The van der Waals surface area contributed by atoms with Crippen molar-refractivity contribution in [3.63, 3.8) is 0 Å². The maximum absolute atomic E-state index is 12.3. The third-order valence-corrected chi connectivity index (χ3v) is 4.45. The number of nitrogens with zero attached hydrogens (tertiary/aromatic N) is 4. The molecule has 22 heavy (non-hydrogen) atoms. The van der Waals surface area contributed by atoms with Gasteiger partial charge in [-0.15, -0.1) is 11.3 Å². The molecule has 0 radical (unpaired) electrons. The van der Waals surface area contributed by atoms with Crippen LogP contribution in [0, 0.1) is 6.92 Å². The molecule has 1 saturated heterocycles. The van der Waals surface area contributed by atoms with Crippen LogP contribution in [-0.4, -0.2) is 44.6 Å². The number of hydrogen-bond donors (Lipinski definition) is 1. The number of likely N-dealkylation sites (tertiary alicyclic amines) is 1. The molecule has 2 aromatic heterocycles. The van der Waals surface area contributed by atoms with Crippen LogP contribution < -0.4 is 5.32 Å². The number of thiazole rings is 1. The summed E-state index contributed by atoms with van der Waals surface area (Å²) in [5.74, 6) is -1.14. The van der Waals surface area contributed by atoms with Crippen molar-refractivity contribution in [1.29, 1.82) is 0 Å². The van der Waals surface area contributed by atoms with E-state index in [1.54, 1.807) is 17.3 Å². The predicted molar refractivity (Wildman–Crippen MR) is 82.6 cm³/mol. The standard InChI is InChI=1S/C14H17N5O2S/c1-10-8-15-14(22-10)17-12(20)13(21)18-6-2-4-11(9-18)19-7-3-5-16-19/h3,5,7-8,11H,2,4,6,9H2,1H3,(H,15,17,20)/t11-/m0/s1. The number of nitrogens with one attached hydrogen (secondary N) is 1. The Balaban J connectivity index is 1.62. The van der Waals surface area contributed by atoms with Crippen LogP contribution in [0.1, 0.15) is 23.8 Å². The Hall–Kier alpha value is -2.22. The molecular formula is C14H17N5O2S. The minimum absolute atomic E-state index is 0.127. The maximum atomic E-state index is 12.3. The summed E-state index contributed by atoms with van der Waals surface area (Å²) in [5.41, 5.74) is 0. The molecule has 1 N–H and O–H groups in total. The molecule has 1 aliphatic heterocycles. The Labute approximate surface area is 132 Å². The van der Waals surface area contributed by atoms with E-state index in [9.17, 15) is 9.59 Å². The summed E-state index contributed by atoms with van der Waals surface area (Å²) < 4.78 is 1.85. The van der Waals surface area contributed by atoms with E-state index in [4.69, 9.17) is 0 Å². The average Bonchev–Trinajstić information content (AvgIpc) is 3.18. The molecule has 0 spiro atoms. The van der Waals surface area contributed by atoms with E-state index in [2.05, 4.69) is 15.4 Å². The number of amides is 2. The van der Waals surface area contributed by atoms with E-state index in [1.165, 1.54) is 11.3 Å². The minimum atomic E-state index is -0.629. The van der Waals surface area contributed by atoms with Gasteiger partial charge in [-0.2, -0.15) is 5.10 Å². The van der Waals surface area contributed by atoms with E-state index >= 15 is 0 Å². The van der Waals surface area contributed by atoms with E-state index in [0.717, 1.165) is 17.7 Å². The summed E-state index contributed by atoms with van der Waals surface area (Å²) in [6.45, 7) is 3.00. The molecule has 0 aromatic carbocycles. The molecule has 2 aromatic rings. The number of rotatable bonds is 2. The van der Waals surface area contributed by atoms with Crippen LogP contribution in [0.4, 0.5) is 5.13 Å². The smallest absolute Gasteiger partial charge is 0.315 e. The highest BCUT2D eigenvalue weighted by Gasteiger charge is 2.29. The monoisotopic (exact) mass is 319 g/mol. The zero-order chi connectivity index (χ0) is 15.5. The summed E-state index contributed by atoms with van der Waals surface area (Å²) in [4.78, 5) is 31.0. The molecular weight excluding hydrogens is 302 g/mol. The fourth-order valence-electron chi connectivity index (χ4n) is 2.56. The molecule has 8 heteroatoms. The Morgan fingerprint density at radius 3 is 3.00 bits per heavy atom. The Morgan fingerprint density at radius 1 is 1.45 bits per heavy atom. The van der Waals surface area contributed by atoms with E-state index in [-0.39, 0.29) is 6.04 Å². The van der Waals surface area contributed by atoms with Crippen molar-refractivity contribution in [2.45, 2.75) is 25.8 Å². The quantitative estimate of drug-likeness (QED) is 0.850. The second kappa shape index (κ2) is 6.27. The highest BCUT2D eigenvalue weighted by molar-refractivity contribution is 7.15. The summed E-state index contributed by atoms with van der Waals surface area (Å²) in [6.07, 6.45) is 7.09. The van der Waals surface area contributed by atoms with Crippen molar-refractivity contribution in [3.8, 4) is 0 Å². The van der Waals surface area contributed by atoms with Crippen molar-refractivity contribution in [2.24, 2.45) is 0 Å². The minimum Gasteiger partial charge on any atom is -0.332 e. The Bertz CT molecular complexity index is 667. The normalized spacial score (nSPS) is 18.2. The van der Waals surface area contributed by atoms with Crippen LogP contribution in [0.3, 0.4) is 0 Å². The maximum Gasteiger partial charge on any atom is 0.315 e. The van der Waals surface area contributed by atoms with Gasteiger partial charge in [-0.25, -0.2) is 4.98 Å². The predicted octanol–water partition coefficient (Wildman–Crippen LogP) is 1.45. The SMILES string of the molecule is Cc1cnc(NC(=O)C(=O)N2CCC[C@H](n3cccn3)C2)s1. The molecule has 7 nitrogen and oxygen atoms in total. The van der Waals surface area contributed by atoms with Gasteiger partial charge in [0.05, 0.1) is 6.04 Å². The third kappa shape index (κ3) is 3.16. The van der Waals surface area contributed by atoms with Gasteiger partial charge in [-0.3, -0.25) is 19.6 Å². The fraction of sp³-hybridized carbons (Fsp3) is 0.429. The summed E-state index contributed by atoms with van der Waals surface area (Å²) in [6, 6.07) is 1.99. The highest BCUT2D eigenvalue weighted by Crippen LogP contribution is 2.21. The number of carbonyl (C=O) groups is 2. The molecule has 116 valence electrons. The van der Waals surface area contributed by atoms with Gasteiger partial charge in [0, 0.05) is 36.6 Å². The summed E-state index contributed by atoms with van der Waals surface area (Å²) >= 11 is 1.35. The van der Waals surface area contributed by atoms with Crippen molar-refractivity contribution < 1.29 is 9.59 Å². The Kier molecular flexibility index (Phi) is 4.19. The molecule has 1 atom stereocenters. The van der Waals surface area contributed by atoms with E-state index in [1.807, 2.05) is 23.9 Å². The van der Waals surface area contributed by atoms with Gasteiger partial charge in [0.25, 0.3) is 0 Å². The second-order valence-corrected chi connectivity index (χ2v) is 6.50. The molecule has 1 aliphatic rings. The molecule has 2 amide bonds. The largest absolute Gasteiger partial charge is 0.332 e. The first kappa shape index (κ1) is 14.7. The van der Waals surface area contributed by atoms with Gasteiger partial charge < -0.3 is 4.90 Å². The zero-order valence-corrected chi connectivity index (χ0v) is 13.0. The highest BCUT2D eigenvalue weighted by atomic mass is 32.1. The molecule has 3 heterocycles. The lowest BCUT2D eigenvalue weighted by atomic mass is 10.1. The molecule has 0 aliphatic carbocycles. The first-order valence-electron chi connectivity index (χ1n) is 7.15. The first-order chi connectivity index (χ1) is 10.6. The summed E-state index contributed by atoms with van der Waals surface area (Å²) in [7, 11) is 0. The lowest BCUT2D eigenvalue weighted by Crippen LogP contribution is -2.45. The third-order valence-electron chi connectivity index (χ3n) is 3.62. The fourth-order valence-corrected chi connectivity index (χ4v) is 3.22. The van der Waals surface area contributed by atoms with Crippen LogP contribution in [-0.2, 0) is 9.59 Å². The first-order valence-corrected chi connectivity index (χ1v) is 7.97. The lowest BCUT2D eigenvalue weighted by Gasteiger charge is -2.32. The Morgan fingerprint density at radius 2 is 2.32 bits per heavy atom. The van der Waals surface area contributed by atoms with Crippen LogP contribution in [0.5, 0.6) is 0 Å².